The summed E-state index contributed by atoms with van der Waals surface area (Å²) in [6.45, 7) is -0.0583. The van der Waals surface area contributed by atoms with Gasteiger partial charge in [0.05, 0.1) is 6.42 Å². The SMILES string of the molecule is O=C(Cc1cccs1)NC1CC(c2nnc(CO)n2C2CC2)C1. The van der Waals surface area contributed by atoms with Gasteiger partial charge >= 0.3 is 0 Å². The van der Waals surface area contributed by atoms with Crippen LogP contribution in [0, 0.1) is 0 Å². The zero-order valence-corrected chi connectivity index (χ0v) is 13.6. The number of nitrogens with zero attached hydrogens (tertiary/aromatic N) is 3. The molecule has 23 heavy (non-hydrogen) atoms. The molecular weight excluding hydrogens is 312 g/mol. The molecule has 2 aliphatic carbocycles. The molecule has 0 atom stereocenters. The molecule has 0 spiro atoms. The van der Waals surface area contributed by atoms with Gasteiger partial charge in [-0.05, 0) is 37.1 Å². The summed E-state index contributed by atoms with van der Waals surface area (Å²) in [6.07, 6.45) is 4.57. The summed E-state index contributed by atoms with van der Waals surface area (Å²) in [7, 11) is 0. The lowest BCUT2D eigenvalue weighted by Crippen LogP contribution is -2.44. The predicted molar refractivity (Wildman–Crippen MR) is 86.1 cm³/mol. The average molecular weight is 332 g/mol. The minimum Gasteiger partial charge on any atom is -0.388 e. The van der Waals surface area contributed by atoms with E-state index in [9.17, 15) is 9.90 Å². The van der Waals surface area contributed by atoms with E-state index < -0.39 is 0 Å². The van der Waals surface area contributed by atoms with Gasteiger partial charge in [-0.2, -0.15) is 0 Å². The fourth-order valence-electron chi connectivity index (χ4n) is 3.25. The lowest BCUT2D eigenvalue weighted by Gasteiger charge is -2.35. The van der Waals surface area contributed by atoms with E-state index in [-0.39, 0.29) is 18.6 Å². The number of nitrogens with one attached hydrogen (secondary N) is 1. The third kappa shape index (κ3) is 3.03. The Balaban J connectivity index is 1.33. The number of amides is 1. The van der Waals surface area contributed by atoms with Crippen LogP contribution >= 0.6 is 11.3 Å². The number of rotatable bonds is 6. The number of aliphatic hydroxyl groups is 1. The molecule has 0 saturated heterocycles. The largest absolute Gasteiger partial charge is 0.388 e. The van der Waals surface area contributed by atoms with Gasteiger partial charge in [0.2, 0.25) is 5.91 Å². The van der Waals surface area contributed by atoms with Crippen LogP contribution in [0.1, 0.15) is 54.2 Å². The first-order valence-corrected chi connectivity index (χ1v) is 8.99. The fraction of sp³-hybridized carbons (Fsp3) is 0.562. The highest BCUT2D eigenvalue weighted by molar-refractivity contribution is 7.10. The van der Waals surface area contributed by atoms with Crippen molar-refractivity contribution >= 4 is 17.2 Å². The highest BCUT2D eigenvalue weighted by Gasteiger charge is 2.38. The summed E-state index contributed by atoms with van der Waals surface area (Å²) in [5.41, 5.74) is 0. The summed E-state index contributed by atoms with van der Waals surface area (Å²) in [5.74, 6) is 2.10. The molecule has 0 aromatic carbocycles. The van der Waals surface area contributed by atoms with Crippen LogP contribution in [-0.2, 0) is 17.8 Å². The molecule has 0 radical (unpaired) electrons. The van der Waals surface area contributed by atoms with E-state index in [2.05, 4.69) is 20.1 Å². The van der Waals surface area contributed by atoms with Crippen LogP contribution in [0.15, 0.2) is 17.5 Å². The van der Waals surface area contributed by atoms with Gasteiger partial charge in [-0.25, -0.2) is 0 Å². The third-order valence-corrected chi connectivity index (χ3v) is 5.51. The van der Waals surface area contributed by atoms with Crippen molar-refractivity contribution in [3.8, 4) is 0 Å². The van der Waals surface area contributed by atoms with Crippen LogP contribution in [0.25, 0.3) is 0 Å². The van der Waals surface area contributed by atoms with Crippen LogP contribution in [0.4, 0.5) is 0 Å². The fourth-order valence-corrected chi connectivity index (χ4v) is 3.95. The summed E-state index contributed by atoms with van der Waals surface area (Å²) in [6, 6.07) is 4.65. The average Bonchev–Trinajstić information content (AvgIpc) is 3.05. The standard InChI is InChI=1S/C16H20N4O2S/c21-9-14-18-19-16(20(14)12-3-4-12)10-6-11(7-10)17-15(22)8-13-2-1-5-23-13/h1-2,5,10-12,21H,3-4,6-9H2,(H,17,22). The van der Waals surface area contributed by atoms with Crippen LogP contribution in [0.3, 0.4) is 0 Å². The van der Waals surface area contributed by atoms with Gasteiger partial charge in [-0.1, -0.05) is 6.07 Å². The Morgan fingerprint density at radius 3 is 2.87 bits per heavy atom. The topological polar surface area (TPSA) is 80.0 Å². The summed E-state index contributed by atoms with van der Waals surface area (Å²) in [4.78, 5) is 13.1. The van der Waals surface area contributed by atoms with E-state index in [1.807, 2.05) is 17.5 Å². The molecule has 2 aliphatic rings. The van der Waals surface area contributed by atoms with Crippen molar-refractivity contribution in [3.63, 3.8) is 0 Å². The van der Waals surface area contributed by atoms with E-state index in [0.717, 1.165) is 36.4 Å². The second kappa shape index (κ2) is 6.05. The molecule has 122 valence electrons. The first-order valence-electron chi connectivity index (χ1n) is 8.11. The molecule has 0 aliphatic heterocycles. The Hall–Kier alpha value is -1.73. The molecule has 2 heterocycles. The lowest BCUT2D eigenvalue weighted by atomic mass is 9.79. The normalized spacial score (nSPS) is 23.5. The van der Waals surface area contributed by atoms with Crippen molar-refractivity contribution in [2.45, 2.75) is 56.7 Å². The van der Waals surface area contributed by atoms with Crippen molar-refractivity contribution in [3.05, 3.63) is 34.0 Å². The zero-order chi connectivity index (χ0) is 15.8. The van der Waals surface area contributed by atoms with Gasteiger partial charge in [0.25, 0.3) is 0 Å². The van der Waals surface area contributed by atoms with Crippen molar-refractivity contribution in [2.24, 2.45) is 0 Å². The van der Waals surface area contributed by atoms with E-state index in [1.165, 1.54) is 0 Å². The Morgan fingerprint density at radius 1 is 1.39 bits per heavy atom. The molecule has 2 aromatic heterocycles. The van der Waals surface area contributed by atoms with Crippen LogP contribution in [0.2, 0.25) is 0 Å². The first kappa shape index (κ1) is 14.8. The van der Waals surface area contributed by atoms with E-state index >= 15 is 0 Å². The quantitative estimate of drug-likeness (QED) is 0.845. The van der Waals surface area contributed by atoms with Crippen LogP contribution in [0.5, 0.6) is 0 Å². The molecular formula is C16H20N4O2S. The van der Waals surface area contributed by atoms with Crippen LogP contribution in [-0.4, -0.2) is 31.8 Å². The molecule has 2 aromatic rings. The Morgan fingerprint density at radius 2 is 2.22 bits per heavy atom. The number of aliphatic hydroxyl groups excluding tert-OH is 1. The minimum absolute atomic E-state index is 0.0583. The maximum Gasteiger partial charge on any atom is 0.225 e. The number of carbonyl (C=O) groups excluding carboxylic acids is 1. The van der Waals surface area contributed by atoms with Gasteiger partial charge in [-0.3, -0.25) is 4.79 Å². The van der Waals surface area contributed by atoms with Gasteiger partial charge in [0.15, 0.2) is 5.82 Å². The Labute approximate surface area is 138 Å². The minimum atomic E-state index is -0.0583. The predicted octanol–water partition coefficient (Wildman–Crippen LogP) is 1.77. The van der Waals surface area contributed by atoms with Crippen molar-refractivity contribution in [2.75, 3.05) is 0 Å². The second-order valence-electron chi connectivity index (χ2n) is 6.42. The lowest BCUT2D eigenvalue weighted by molar-refractivity contribution is -0.121. The maximum atomic E-state index is 12.0. The second-order valence-corrected chi connectivity index (χ2v) is 7.45. The van der Waals surface area contributed by atoms with E-state index in [1.54, 1.807) is 11.3 Å². The van der Waals surface area contributed by atoms with E-state index in [4.69, 9.17) is 0 Å². The van der Waals surface area contributed by atoms with Crippen LogP contribution < -0.4 is 5.32 Å². The van der Waals surface area contributed by atoms with Gasteiger partial charge in [0.1, 0.15) is 12.4 Å². The summed E-state index contributed by atoms with van der Waals surface area (Å²) < 4.78 is 2.12. The summed E-state index contributed by atoms with van der Waals surface area (Å²) >= 11 is 1.61. The maximum absolute atomic E-state index is 12.0. The molecule has 2 fully saturated rings. The highest BCUT2D eigenvalue weighted by Crippen LogP contribution is 2.42. The number of carbonyl (C=O) groups is 1. The van der Waals surface area contributed by atoms with Gasteiger partial charge in [0, 0.05) is 22.9 Å². The number of thiophene rings is 1. The first-order chi connectivity index (χ1) is 11.2. The Kier molecular flexibility index (Phi) is 3.90. The molecule has 0 bridgehead atoms. The molecule has 0 unspecified atom stereocenters. The van der Waals surface area contributed by atoms with Gasteiger partial charge in [-0.15, -0.1) is 21.5 Å². The molecule has 1 amide bonds. The van der Waals surface area contributed by atoms with Gasteiger partial charge < -0.3 is 15.0 Å². The molecule has 7 heteroatoms. The summed E-state index contributed by atoms with van der Waals surface area (Å²) in [5, 5.41) is 22.9. The number of hydrogen-bond acceptors (Lipinski definition) is 5. The molecule has 6 nitrogen and oxygen atoms in total. The zero-order valence-electron chi connectivity index (χ0n) is 12.8. The van der Waals surface area contributed by atoms with E-state index in [0.29, 0.717) is 24.2 Å². The van der Waals surface area contributed by atoms with Crippen molar-refractivity contribution in [1.82, 2.24) is 20.1 Å². The number of aromatic nitrogens is 3. The van der Waals surface area contributed by atoms with Crippen molar-refractivity contribution in [1.29, 1.82) is 0 Å². The molecule has 4 rings (SSSR count). The monoisotopic (exact) mass is 332 g/mol. The third-order valence-electron chi connectivity index (χ3n) is 4.63. The van der Waals surface area contributed by atoms with Crippen molar-refractivity contribution < 1.29 is 9.90 Å². The molecule has 2 N–H and O–H groups in total. The number of hydrogen-bond donors (Lipinski definition) is 2. The highest BCUT2D eigenvalue weighted by atomic mass is 32.1. The molecule has 2 saturated carbocycles. The smallest absolute Gasteiger partial charge is 0.225 e. The Bertz CT molecular complexity index is 687.